The summed E-state index contributed by atoms with van der Waals surface area (Å²) in [6, 6.07) is 3.65. The molecular weight excluding hydrogens is 320 g/mol. The molecular formula is C15H22N2O3S2. The van der Waals surface area contributed by atoms with E-state index in [9.17, 15) is 13.8 Å². The average Bonchev–Trinajstić information content (AvgIpc) is 3.05. The number of hydrogen-bond donors (Lipinski definition) is 0. The first-order chi connectivity index (χ1) is 10.6. The Morgan fingerprint density at radius 3 is 2.55 bits per heavy atom. The van der Waals surface area contributed by atoms with Crippen molar-refractivity contribution in [3.8, 4) is 0 Å². The minimum absolute atomic E-state index is 0.0485. The topological polar surface area (TPSA) is 57.7 Å². The first-order valence-corrected chi connectivity index (χ1v) is 10.0. The van der Waals surface area contributed by atoms with Crippen LogP contribution in [-0.2, 0) is 15.6 Å². The summed E-state index contributed by atoms with van der Waals surface area (Å²) in [5, 5.41) is 1.87. The van der Waals surface area contributed by atoms with Crippen LogP contribution in [0.2, 0.25) is 0 Å². The van der Waals surface area contributed by atoms with E-state index in [-0.39, 0.29) is 24.5 Å². The molecule has 2 heterocycles. The fourth-order valence-corrected chi connectivity index (χ4v) is 3.63. The summed E-state index contributed by atoms with van der Waals surface area (Å²) in [6.45, 7) is 3.86. The van der Waals surface area contributed by atoms with E-state index in [0.717, 1.165) is 24.5 Å². The van der Waals surface area contributed by atoms with Gasteiger partial charge in [-0.2, -0.15) is 0 Å². The van der Waals surface area contributed by atoms with Crippen molar-refractivity contribution in [1.82, 2.24) is 9.80 Å². The van der Waals surface area contributed by atoms with E-state index < -0.39 is 10.8 Å². The van der Waals surface area contributed by atoms with Crippen LogP contribution in [0.5, 0.6) is 0 Å². The number of carbonyl (C=O) groups is 2. The number of hydrogen-bond acceptors (Lipinski definition) is 5. The largest absolute Gasteiger partial charge is 0.340 e. The number of ketones is 1. The van der Waals surface area contributed by atoms with Crippen molar-refractivity contribution in [2.75, 3.05) is 44.7 Å². The lowest BCUT2D eigenvalue weighted by Gasteiger charge is -2.34. The molecule has 1 amide bonds. The maximum absolute atomic E-state index is 12.2. The molecule has 7 heteroatoms. The highest BCUT2D eigenvalue weighted by Crippen LogP contribution is 2.13. The van der Waals surface area contributed by atoms with E-state index in [2.05, 4.69) is 4.90 Å². The Hall–Kier alpha value is -1.05. The molecule has 0 radical (unpaired) electrons. The highest BCUT2D eigenvalue weighted by Gasteiger charge is 2.21. The third-order valence-corrected chi connectivity index (χ3v) is 5.45. The van der Waals surface area contributed by atoms with Gasteiger partial charge in [-0.15, -0.1) is 11.3 Å². The van der Waals surface area contributed by atoms with Gasteiger partial charge in [0.05, 0.1) is 4.88 Å². The van der Waals surface area contributed by atoms with Crippen molar-refractivity contribution in [2.45, 2.75) is 12.8 Å². The van der Waals surface area contributed by atoms with Gasteiger partial charge in [-0.25, -0.2) is 0 Å². The molecule has 22 heavy (non-hydrogen) atoms. The lowest BCUT2D eigenvalue weighted by Crippen LogP contribution is -2.49. The van der Waals surface area contributed by atoms with E-state index in [4.69, 9.17) is 0 Å². The molecule has 0 unspecified atom stereocenters. The molecule has 0 saturated carbocycles. The van der Waals surface area contributed by atoms with Crippen molar-refractivity contribution in [1.29, 1.82) is 0 Å². The van der Waals surface area contributed by atoms with Gasteiger partial charge in [0.1, 0.15) is 0 Å². The molecule has 0 aliphatic carbocycles. The molecule has 1 aliphatic heterocycles. The standard InChI is InChI=1S/C15H22N2O3S2/c1-22(20)12-10-16-6-8-17(9-7-16)15(19)5-4-13(18)14-3-2-11-21-14/h2-3,11H,4-10,12H2,1H3/t22-/m0/s1. The molecule has 1 atom stereocenters. The number of piperazine rings is 1. The zero-order chi connectivity index (χ0) is 15.9. The van der Waals surface area contributed by atoms with Gasteiger partial charge in [0, 0.05) is 68.4 Å². The van der Waals surface area contributed by atoms with Gasteiger partial charge >= 0.3 is 0 Å². The summed E-state index contributed by atoms with van der Waals surface area (Å²) >= 11 is 1.42. The Morgan fingerprint density at radius 1 is 1.23 bits per heavy atom. The van der Waals surface area contributed by atoms with E-state index in [1.54, 1.807) is 12.3 Å². The Morgan fingerprint density at radius 2 is 1.95 bits per heavy atom. The molecule has 1 fully saturated rings. The monoisotopic (exact) mass is 342 g/mol. The molecule has 1 saturated heterocycles. The van der Waals surface area contributed by atoms with Gasteiger partial charge < -0.3 is 4.90 Å². The minimum atomic E-state index is -0.767. The molecule has 5 nitrogen and oxygen atoms in total. The number of rotatable bonds is 7. The number of nitrogens with zero attached hydrogens (tertiary/aromatic N) is 2. The van der Waals surface area contributed by atoms with Crippen molar-refractivity contribution in [3.05, 3.63) is 22.4 Å². The van der Waals surface area contributed by atoms with Crippen LogP contribution >= 0.6 is 11.3 Å². The summed E-state index contributed by atoms with van der Waals surface area (Å²) in [4.78, 5) is 28.9. The number of amides is 1. The molecule has 0 N–H and O–H groups in total. The Bertz CT molecular complexity index is 523. The lowest BCUT2D eigenvalue weighted by atomic mass is 10.1. The van der Waals surface area contributed by atoms with Crippen LogP contribution in [0.3, 0.4) is 0 Å². The van der Waals surface area contributed by atoms with E-state index >= 15 is 0 Å². The third kappa shape index (κ3) is 5.30. The third-order valence-electron chi connectivity index (χ3n) is 3.78. The van der Waals surface area contributed by atoms with E-state index in [0.29, 0.717) is 18.8 Å². The summed E-state index contributed by atoms with van der Waals surface area (Å²) in [6.07, 6.45) is 2.29. The van der Waals surface area contributed by atoms with Crippen LogP contribution in [0.15, 0.2) is 17.5 Å². The molecule has 0 spiro atoms. The predicted octanol–water partition coefficient (Wildman–Crippen LogP) is 1.23. The Kier molecular flexibility index (Phi) is 6.72. The molecule has 1 aliphatic rings. The SMILES string of the molecule is C[S@](=O)CCN1CCN(C(=O)CCC(=O)c2cccs2)CC1. The second-order valence-corrected chi connectivity index (χ2v) is 7.90. The fraction of sp³-hybridized carbons (Fsp3) is 0.600. The van der Waals surface area contributed by atoms with Crippen LogP contribution < -0.4 is 0 Å². The van der Waals surface area contributed by atoms with Gasteiger partial charge in [0.2, 0.25) is 5.91 Å². The second-order valence-electron chi connectivity index (χ2n) is 5.40. The van der Waals surface area contributed by atoms with Gasteiger partial charge in [0.15, 0.2) is 5.78 Å². The number of thiophene rings is 1. The zero-order valence-corrected chi connectivity index (χ0v) is 14.5. The molecule has 1 aromatic heterocycles. The van der Waals surface area contributed by atoms with Crippen LogP contribution in [0, 0.1) is 0 Å². The van der Waals surface area contributed by atoms with Crippen LogP contribution in [0.25, 0.3) is 0 Å². The summed E-state index contributed by atoms with van der Waals surface area (Å²) in [7, 11) is -0.767. The molecule has 0 aromatic carbocycles. The normalized spacial score (nSPS) is 17.4. The molecule has 1 aromatic rings. The van der Waals surface area contributed by atoms with Crippen LogP contribution in [-0.4, -0.2) is 70.4 Å². The zero-order valence-electron chi connectivity index (χ0n) is 12.8. The smallest absolute Gasteiger partial charge is 0.223 e. The predicted molar refractivity (Wildman–Crippen MR) is 89.8 cm³/mol. The highest BCUT2D eigenvalue weighted by atomic mass is 32.2. The lowest BCUT2D eigenvalue weighted by molar-refractivity contribution is -0.132. The van der Waals surface area contributed by atoms with Crippen LogP contribution in [0.4, 0.5) is 0 Å². The van der Waals surface area contributed by atoms with Gasteiger partial charge in [-0.05, 0) is 11.4 Å². The van der Waals surface area contributed by atoms with Gasteiger partial charge in [0.25, 0.3) is 0 Å². The fourth-order valence-electron chi connectivity index (χ4n) is 2.42. The van der Waals surface area contributed by atoms with Crippen molar-refractivity contribution in [3.63, 3.8) is 0 Å². The molecule has 2 rings (SSSR count). The summed E-state index contributed by atoms with van der Waals surface area (Å²) in [5.41, 5.74) is 0. The summed E-state index contributed by atoms with van der Waals surface area (Å²) in [5.74, 6) is 0.791. The first kappa shape index (κ1) is 17.3. The van der Waals surface area contributed by atoms with Crippen molar-refractivity contribution >= 4 is 33.8 Å². The maximum atomic E-state index is 12.2. The van der Waals surface area contributed by atoms with Gasteiger partial charge in [-0.3, -0.25) is 18.7 Å². The van der Waals surface area contributed by atoms with Crippen molar-refractivity contribution < 1.29 is 13.8 Å². The highest BCUT2D eigenvalue weighted by molar-refractivity contribution is 7.84. The number of Topliss-reactive ketones (excluding diaryl/α,β-unsaturated/α-hetero) is 1. The molecule has 122 valence electrons. The first-order valence-electron chi connectivity index (χ1n) is 7.43. The van der Waals surface area contributed by atoms with Crippen LogP contribution in [0.1, 0.15) is 22.5 Å². The number of carbonyl (C=O) groups excluding carboxylic acids is 2. The average molecular weight is 342 g/mol. The quantitative estimate of drug-likeness (QED) is 0.700. The Labute approximate surface area is 137 Å². The van der Waals surface area contributed by atoms with Gasteiger partial charge in [-0.1, -0.05) is 6.07 Å². The van der Waals surface area contributed by atoms with Crippen molar-refractivity contribution in [2.24, 2.45) is 0 Å². The second kappa shape index (κ2) is 8.55. The van der Waals surface area contributed by atoms with E-state index in [1.165, 1.54) is 11.3 Å². The van der Waals surface area contributed by atoms with E-state index in [1.807, 2.05) is 16.3 Å². The minimum Gasteiger partial charge on any atom is -0.340 e. The molecule has 0 bridgehead atoms. The maximum Gasteiger partial charge on any atom is 0.223 e. The Balaban J connectivity index is 1.69. The summed E-state index contributed by atoms with van der Waals surface area (Å²) < 4.78 is 11.1.